The minimum Gasteiger partial charge on any atom is -0.479 e. The molecule has 0 aliphatic carbocycles. The highest BCUT2D eigenvalue weighted by molar-refractivity contribution is 5.95. The minimum atomic E-state index is -2.19. The molecule has 0 saturated heterocycles. The first-order valence-electron chi connectivity index (χ1n) is 9.93. The zero-order valence-corrected chi connectivity index (χ0v) is 17.6. The van der Waals surface area contributed by atoms with Crippen molar-refractivity contribution >= 4 is 17.8 Å². The van der Waals surface area contributed by atoms with Crippen molar-refractivity contribution in [2.24, 2.45) is 0 Å². The van der Waals surface area contributed by atoms with Crippen molar-refractivity contribution in [2.75, 3.05) is 6.54 Å². The lowest BCUT2D eigenvalue weighted by Gasteiger charge is -2.20. The van der Waals surface area contributed by atoms with Gasteiger partial charge in [0.15, 0.2) is 11.4 Å². The van der Waals surface area contributed by atoms with Crippen LogP contribution in [-0.2, 0) is 4.79 Å². The number of amides is 2. The molecular weight excluding hydrogens is 428 g/mol. The van der Waals surface area contributed by atoms with Crippen molar-refractivity contribution in [1.29, 1.82) is 0 Å². The van der Waals surface area contributed by atoms with Crippen LogP contribution in [0, 0.1) is 0 Å². The number of carbonyl (C=O) groups is 3. The molecular formula is C23H22N4O6. The zero-order chi connectivity index (χ0) is 24.0. The van der Waals surface area contributed by atoms with Gasteiger partial charge in [-0.25, -0.2) is 9.78 Å². The van der Waals surface area contributed by atoms with Crippen molar-refractivity contribution in [1.82, 2.24) is 20.6 Å². The summed E-state index contributed by atoms with van der Waals surface area (Å²) in [5.74, 6) is -3.56. The molecule has 10 heteroatoms. The number of H-pyrrole nitrogens is 1. The number of carbonyl (C=O) groups excluding carboxylic acids is 2. The highest BCUT2D eigenvalue weighted by Gasteiger charge is 2.30. The summed E-state index contributed by atoms with van der Waals surface area (Å²) in [7, 11) is 0. The molecule has 0 saturated carbocycles. The first-order chi connectivity index (χ1) is 15.7. The normalized spacial score (nSPS) is 12.6. The molecule has 1 atom stereocenters. The Morgan fingerprint density at radius 2 is 1.55 bits per heavy atom. The lowest BCUT2D eigenvalue weighted by molar-refractivity contribution is -0.155. The second-order valence-electron chi connectivity index (χ2n) is 7.46. The topological polar surface area (TPSA) is 161 Å². The number of hydrogen-bond acceptors (Lipinski definition) is 6. The highest BCUT2D eigenvalue weighted by Crippen LogP contribution is 2.22. The average molecular weight is 450 g/mol. The Labute approximate surface area is 188 Å². The molecule has 0 aliphatic rings. The van der Waals surface area contributed by atoms with Gasteiger partial charge in [0.25, 0.3) is 17.4 Å². The summed E-state index contributed by atoms with van der Waals surface area (Å²) >= 11 is 0. The summed E-state index contributed by atoms with van der Waals surface area (Å²) in [5, 5.41) is 23.5. The van der Waals surface area contributed by atoms with Gasteiger partial charge < -0.3 is 25.8 Å². The van der Waals surface area contributed by atoms with Crippen LogP contribution in [0.15, 0.2) is 71.7 Å². The van der Waals surface area contributed by atoms with Gasteiger partial charge in [-0.15, -0.1) is 0 Å². The van der Waals surface area contributed by atoms with Crippen molar-refractivity contribution in [2.45, 2.75) is 18.6 Å². The number of aliphatic carboxylic acids is 1. The molecule has 1 heterocycles. The molecule has 1 unspecified atom stereocenters. The van der Waals surface area contributed by atoms with E-state index in [0.717, 1.165) is 24.2 Å². The smallest absolute Gasteiger partial charge is 0.337 e. The van der Waals surface area contributed by atoms with Gasteiger partial charge in [-0.3, -0.25) is 14.4 Å². The number of hydrogen-bond donors (Lipinski definition) is 5. The van der Waals surface area contributed by atoms with Crippen LogP contribution < -0.4 is 16.2 Å². The van der Waals surface area contributed by atoms with Gasteiger partial charge in [-0.2, -0.15) is 0 Å². The first-order valence-corrected chi connectivity index (χ1v) is 9.93. The summed E-state index contributed by atoms with van der Waals surface area (Å²) in [6, 6.07) is 17.9. The fourth-order valence-corrected chi connectivity index (χ4v) is 2.94. The summed E-state index contributed by atoms with van der Waals surface area (Å²) < 4.78 is 0. The number of nitrogens with zero attached hydrogens (tertiary/aromatic N) is 1. The van der Waals surface area contributed by atoms with E-state index in [0.29, 0.717) is 0 Å². The third kappa shape index (κ3) is 5.69. The molecule has 170 valence electrons. The number of nitrogens with one attached hydrogen (secondary N) is 3. The Balaban J connectivity index is 1.79. The number of aromatic nitrogens is 2. The number of rotatable bonds is 8. The summed E-state index contributed by atoms with van der Waals surface area (Å²) in [5.41, 5.74) is -1.73. The zero-order valence-electron chi connectivity index (χ0n) is 17.6. The third-order valence-corrected chi connectivity index (χ3v) is 4.85. The number of aliphatic hydroxyl groups is 1. The van der Waals surface area contributed by atoms with E-state index in [2.05, 4.69) is 20.6 Å². The van der Waals surface area contributed by atoms with E-state index in [1.165, 1.54) is 0 Å². The van der Waals surface area contributed by atoms with E-state index < -0.39 is 47.4 Å². The van der Waals surface area contributed by atoms with E-state index in [4.69, 9.17) is 5.11 Å². The molecule has 33 heavy (non-hydrogen) atoms. The number of carboxylic acid groups (broad SMARTS) is 1. The third-order valence-electron chi connectivity index (χ3n) is 4.85. The van der Waals surface area contributed by atoms with Crippen LogP contribution in [0.4, 0.5) is 0 Å². The molecule has 0 bridgehead atoms. The van der Waals surface area contributed by atoms with Crippen LogP contribution in [0.1, 0.15) is 45.1 Å². The average Bonchev–Trinajstić information content (AvgIpc) is 2.81. The summed E-state index contributed by atoms with van der Waals surface area (Å²) in [6.45, 7) is 0.401. The van der Waals surface area contributed by atoms with Crippen molar-refractivity contribution in [3.05, 3.63) is 99.7 Å². The SMILES string of the molecule is CC(O)(CNC(=O)c1ncc(C(=O)NC(c2ccccc2)c2ccccc2)c(=O)[nH]1)C(=O)O. The Bertz CT molecular complexity index is 1170. The van der Waals surface area contributed by atoms with Gasteiger partial charge in [0, 0.05) is 6.20 Å². The van der Waals surface area contributed by atoms with E-state index in [1.54, 1.807) is 0 Å². The number of carboxylic acids is 1. The van der Waals surface area contributed by atoms with Gasteiger partial charge in [-0.1, -0.05) is 60.7 Å². The van der Waals surface area contributed by atoms with Crippen LogP contribution in [0.2, 0.25) is 0 Å². The quantitative estimate of drug-likeness (QED) is 0.340. The predicted octanol–water partition coefficient (Wildman–Crippen LogP) is 0.855. The monoisotopic (exact) mass is 450 g/mol. The van der Waals surface area contributed by atoms with Crippen molar-refractivity contribution < 1.29 is 24.6 Å². The Kier molecular flexibility index (Phi) is 6.99. The van der Waals surface area contributed by atoms with Crippen LogP contribution in [-0.4, -0.2) is 50.1 Å². The predicted molar refractivity (Wildman–Crippen MR) is 118 cm³/mol. The number of benzene rings is 2. The molecule has 5 N–H and O–H groups in total. The molecule has 0 spiro atoms. The molecule has 1 aromatic heterocycles. The van der Waals surface area contributed by atoms with Gasteiger partial charge in [0.05, 0.1) is 12.6 Å². The van der Waals surface area contributed by atoms with Crippen molar-refractivity contribution in [3.63, 3.8) is 0 Å². The maximum Gasteiger partial charge on any atom is 0.337 e. The largest absolute Gasteiger partial charge is 0.479 e. The van der Waals surface area contributed by atoms with Gasteiger partial charge in [-0.05, 0) is 18.1 Å². The van der Waals surface area contributed by atoms with Crippen molar-refractivity contribution in [3.8, 4) is 0 Å². The number of aromatic amines is 1. The Morgan fingerprint density at radius 1 is 1.00 bits per heavy atom. The second-order valence-corrected chi connectivity index (χ2v) is 7.46. The maximum absolute atomic E-state index is 12.9. The summed E-state index contributed by atoms with van der Waals surface area (Å²) in [4.78, 5) is 54.4. The molecule has 10 nitrogen and oxygen atoms in total. The molecule has 2 amide bonds. The lowest BCUT2D eigenvalue weighted by atomic mass is 9.98. The highest BCUT2D eigenvalue weighted by atomic mass is 16.4. The van der Waals surface area contributed by atoms with Crippen LogP contribution in [0.3, 0.4) is 0 Å². The molecule has 0 aliphatic heterocycles. The van der Waals surface area contributed by atoms with E-state index in [9.17, 15) is 24.3 Å². The molecule has 0 radical (unpaired) electrons. The maximum atomic E-state index is 12.9. The molecule has 3 aromatic rings. The van der Waals surface area contributed by atoms with Gasteiger partial charge >= 0.3 is 5.97 Å². The van der Waals surface area contributed by atoms with Crippen LogP contribution in [0.5, 0.6) is 0 Å². The summed E-state index contributed by atoms with van der Waals surface area (Å²) in [6.07, 6.45) is 0.964. The van der Waals surface area contributed by atoms with E-state index in [-0.39, 0.29) is 5.56 Å². The molecule has 3 rings (SSSR count). The first kappa shape index (κ1) is 23.4. The molecule has 0 fully saturated rings. The second kappa shape index (κ2) is 9.88. The van der Waals surface area contributed by atoms with E-state index >= 15 is 0 Å². The van der Waals surface area contributed by atoms with Gasteiger partial charge in [0.1, 0.15) is 5.56 Å². The van der Waals surface area contributed by atoms with E-state index in [1.807, 2.05) is 60.7 Å². The minimum absolute atomic E-state index is 0.305. The lowest BCUT2D eigenvalue weighted by Crippen LogP contribution is -2.47. The fourth-order valence-electron chi connectivity index (χ4n) is 2.94. The van der Waals surface area contributed by atoms with Gasteiger partial charge in [0.2, 0.25) is 0 Å². The Morgan fingerprint density at radius 3 is 2.03 bits per heavy atom. The van der Waals surface area contributed by atoms with Crippen LogP contribution >= 0.6 is 0 Å². The Hall–Kier alpha value is -4.31. The van der Waals surface area contributed by atoms with Crippen LogP contribution in [0.25, 0.3) is 0 Å². The molecule has 2 aromatic carbocycles. The fraction of sp³-hybridized carbons (Fsp3) is 0.174. The standard InChI is InChI=1S/C23H22N4O6/c1-23(33,22(31)32)13-25-21(30)18-24-12-16(20(29)27-18)19(28)26-17(14-8-4-2-5-9-14)15-10-6-3-7-11-15/h2-12,17,33H,13H2,1H3,(H,25,30)(H,26,28)(H,31,32)(H,24,27,29).